The number of nitrogens with one attached hydrogen (secondary N) is 2. The van der Waals surface area contributed by atoms with Crippen molar-refractivity contribution in [3.8, 4) is 0 Å². The molecular formula is C26H35N5O4. The van der Waals surface area contributed by atoms with Crippen molar-refractivity contribution in [3.05, 3.63) is 46.5 Å². The van der Waals surface area contributed by atoms with Crippen LogP contribution in [0.5, 0.6) is 0 Å². The highest BCUT2D eigenvalue weighted by Crippen LogP contribution is 2.26. The maximum atomic E-state index is 12.8. The number of carbonyl (C=O) groups excluding carboxylic acids is 2. The first kappa shape index (κ1) is 25.1. The Labute approximate surface area is 206 Å². The van der Waals surface area contributed by atoms with Crippen molar-refractivity contribution in [2.24, 2.45) is 0 Å². The van der Waals surface area contributed by atoms with E-state index in [9.17, 15) is 14.7 Å². The SMILES string of the molecule is C/C(=C\c1c(C)nn(C2CCOCC2)c1C)C(=O)Nc1ccc(C(=O)NC2CCC(O)CC2)nc1. The Morgan fingerprint density at radius 3 is 2.49 bits per heavy atom. The van der Waals surface area contributed by atoms with Crippen LogP contribution in [0.3, 0.4) is 0 Å². The minimum absolute atomic E-state index is 0.0579. The summed E-state index contributed by atoms with van der Waals surface area (Å²) < 4.78 is 7.53. The van der Waals surface area contributed by atoms with E-state index in [-0.39, 0.29) is 24.0 Å². The third kappa shape index (κ3) is 6.15. The molecule has 2 amide bonds. The van der Waals surface area contributed by atoms with Gasteiger partial charge in [0.2, 0.25) is 0 Å². The number of ether oxygens (including phenoxy) is 1. The summed E-state index contributed by atoms with van der Waals surface area (Å²) in [7, 11) is 0. The van der Waals surface area contributed by atoms with Gasteiger partial charge in [0.05, 0.1) is 29.7 Å². The summed E-state index contributed by atoms with van der Waals surface area (Å²) in [6.07, 6.45) is 7.91. The first-order valence-electron chi connectivity index (χ1n) is 12.4. The molecule has 3 heterocycles. The predicted molar refractivity (Wildman–Crippen MR) is 133 cm³/mol. The molecule has 2 aromatic rings. The molecule has 0 bridgehead atoms. The molecule has 1 saturated carbocycles. The fraction of sp³-hybridized carbons (Fsp3) is 0.538. The van der Waals surface area contributed by atoms with Crippen LogP contribution in [-0.2, 0) is 9.53 Å². The van der Waals surface area contributed by atoms with Gasteiger partial charge in [-0.05, 0) is 77.5 Å². The Bertz CT molecular complexity index is 1080. The number of aromatic nitrogens is 3. The number of hydrogen-bond acceptors (Lipinski definition) is 6. The van der Waals surface area contributed by atoms with E-state index in [4.69, 9.17) is 9.84 Å². The summed E-state index contributed by atoms with van der Waals surface area (Å²) in [5, 5.41) is 20.2. The van der Waals surface area contributed by atoms with Gasteiger partial charge < -0.3 is 20.5 Å². The number of aliphatic hydroxyl groups is 1. The molecule has 4 rings (SSSR count). The van der Waals surface area contributed by atoms with Gasteiger partial charge in [0, 0.05) is 36.1 Å². The van der Waals surface area contributed by atoms with Gasteiger partial charge in [-0.15, -0.1) is 0 Å². The van der Waals surface area contributed by atoms with E-state index in [1.54, 1.807) is 19.1 Å². The summed E-state index contributed by atoms with van der Waals surface area (Å²) in [6, 6.07) is 3.67. The second-order valence-corrected chi connectivity index (χ2v) is 9.57. The molecule has 0 unspecified atom stereocenters. The molecule has 3 N–H and O–H groups in total. The molecule has 0 aromatic carbocycles. The van der Waals surface area contributed by atoms with Crippen molar-refractivity contribution in [1.29, 1.82) is 0 Å². The molecule has 1 aliphatic heterocycles. The van der Waals surface area contributed by atoms with E-state index in [1.165, 1.54) is 6.20 Å². The number of amides is 2. The van der Waals surface area contributed by atoms with Crippen LogP contribution in [0.15, 0.2) is 23.9 Å². The molecule has 2 aromatic heterocycles. The van der Waals surface area contributed by atoms with Gasteiger partial charge in [-0.25, -0.2) is 4.98 Å². The van der Waals surface area contributed by atoms with E-state index < -0.39 is 0 Å². The lowest BCUT2D eigenvalue weighted by molar-refractivity contribution is -0.112. The fourth-order valence-corrected chi connectivity index (χ4v) is 4.76. The van der Waals surface area contributed by atoms with Crippen molar-refractivity contribution in [2.45, 2.75) is 77.5 Å². The van der Waals surface area contributed by atoms with Crippen molar-refractivity contribution >= 4 is 23.6 Å². The number of carbonyl (C=O) groups is 2. The van der Waals surface area contributed by atoms with Crippen LogP contribution in [0.2, 0.25) is 0 Å². The van der Waals surface area contributed by atoms with Crippen LogP contribution in [0, 0.1) is 13.8 Å². The number of anilines is 1. The fourth-order valence-electron chi connectivity index (χ4n) is 4.76. The van der Waals surface area contributed by atoms with Gasteiger partial charge in [0.25, 0.3) is 11.8 Å². The van der Waals surface area contributed by atoms with Crippen LogP contribution in [0.4, 0.5) is 5.69 Å². The molecule has 188 valence electrons. The number of hydrogen-bond donors (Lipinski definition) is 3. The number of nitrogens with zero attached hydrogens (tertiary/aromatic N) is 3. The lowest BCUT2D eigenvalue weighted by Gasteiger charge is -2.26. The summed E-state index contributed by atoms with van der Waals surface area (Å²) in [6.45, 7) is 7.26. The second kappa shape index (κ2) is 11.1. The van der Waals surface area contributed by atoms with Crippen LogP contribution < -0.4 is 10.6 Å². The molecule has 2 aliphatic rings. The van der Waals surface area contributed by atoms with Gasteiger partial charge in [-0.3, -0.25) is 14.3 Å². The highest BCUT2D eigenvalue weighted by Gasteiger charge is 2.23. The lowest BCUT2D eigenvalue weighted by Crippen LogP contribution is -2.38. The van der Waals surface area contributed by atoms with Crippen LogP contribution in [0.1, 0.15) is 78.9 Å². The molecule has 2 fully saturated rings. The standard InChI is InChI=1S/C26H35N5O4/c1-16(14-23-17(2)30-31(18(23)3)21-10-12-35-13-11-21)25(33)29-20-6-9-24(27-15-20)26(34)28-19-4-7-22(32)8-5-19/h6,9,14-15,19,21-22,32H,4-5,7-8,10-13H2,1-3H3,(H,28,34)(H,29,33)/b16-14+. The lowest BCUT2D eigenvalue weighted by atomic mass is 9.93. The Hall–Kier alpha value is -3.04. The smallest absolute Gasteiger partial charge is 0.270 e. The predicted octanol–water partition coefficient (Wildman–Crippen LogP) is 3.32. The van der Waals surface area contributed by atoms with Gasteiger partial charge in [0.1, 0.15) is 5.69 Å². The van der Waals surface area contributed by atoms with E-state index in [0.717, 1.165) is 55.8 Å². The van der Waals surface area contributed by atoms with E-state index >= 15 is 0 Å². The zero-order chi connectivity index (χ0) is 24.9. The largest absolute Gasteiger partial charge is 0.393 e. The van der Waals surface area contributed by atoms with Crippen molar-refractivity contribution in [3.63, 3.8) is 0 Å². The summed E-state index contributed by atoms with van der Waals surface area (Å²) in [4.78, 5) is 29.5. The Kier molecular flexibility index (Phi) is 7.97. The maximum absolute atomic E-state index is 12.8. The first-order valence-corrected chi connectivity index (χ1v) is 12.4. The number of pyridine rings is 1. The van der Waals surface area contributed by atoms with E-state index in [1.807, 2.05) is 19.9 Å². The van der Waals surface area contributed by atoms with Crippen LogP contribution in [0.25, 0.3) is 6.08 Å². The van der Waals surface area contributed by atoms with Crippen LogP contribution in [-0.4, -0.2) is 57.0 Å². The van der Waals surface area contributed by atoms with Crippen molar-refractivity contribution < 1.29 is 19.4 Å². The third-order valence-electron chi connectivity index (χ3n) is 6.92. The zero-order valence-corrected chi connectivity index (χ0v) is 20.7. The Morgan fingerprint density at radius 1 is 1.11 bits per heavy atom. The molecule has 0 spiro atoms. The molecule has 0 radical (unpaired) electrons. The molecule has 9 nitrogen and oxygen atoms in total. The van der Waals surface area contributed by atoms with Gasteiger partial charge in [-0.2, -0.15) is 5.10 Å². The normalized spacial score (nSPS) is 21.5. The van der Waals surface area contributed by atoms with E-state index in [2.05, 4.69) is 20.3 Å². The van der Waals surface area contributed by atoms with Gasteiger partial charge >= 0.3 is 0 Å². The average molecular weight is 482 g/mol. The van der Waals surface area contributed by atoms with Crippen LogP contribution >= 0.6 is 0 Å². The quantitative estimate of drug-likeness (QED) is 0.545. The zero-order valence-electron chi connectivity index (χ0n) is 20.7. The number of aliphatic hydroxyl groups excluding tert-OH is 1. The number of rotatable bonds is 6. The first-order chi connectivity index (χ1) is 16.8. The second-order valence-electron chi connectivity index (χ2n) is 9.57. The van der Waals surface area contributed by atoms with Gasteiger partial charge in [-0.1, -0.05) is 0 Å². The highest BCUT2D eigenvalue weighted by molar-refractivity contribution is 6.06. The molecule has 1 aliphatic carbocycles. The van der Waals surface area contributed by atoms with Crippen molar-refractivity contribution in [1.82, 2.24) is 20.1 Å². The molecule has 0 atom stereocenters. The Morgan fingerprint density at radius 2 is 1.83 bits per heavy atom. The highest BCUT2D eigenvalue weighted by atomic mass is 16.5. The topological polar surface area (TPSA) is 118 Å². The molecule has 35 heavy (non-hydrogen) atoms. The van der Waals surface area contributed by atoms with E-state index in [0.29, 0.717) is 35.8 Å². The average Bonchev–Trinajstić information content (AvgIpc) is 3.14. The Balaban J connectivity index is 1.37. The number of aryl methyl sites for hydroxylation is 1. The van der Waals surface area contributed by atoms with Gasteiger partial charge in [0.15, 0.2) is 0 Å². The summed E-state index contributed by atoms with van der Waals surface area (Å²) in [5.41, 5.74) is 4.28. The maximum Gasteiger partial charge on any atom is 0.270 e. The van der Waals surface area contributed by atoms with Crippen molar-refractivity contribution in [2.75, 3.05) is 18.5 Å². The summed E-state index contributed by atoms with van der Waals surface area (Å²) >= 11 is 0. The minimum atomic E-state index is -0.266. The molecule has 9 heteroatoms. The molecular weight excluding hydrogens is 446 g/mol. The monoisotopic (exact) mass is 481 g/mol. The molecule has 1 saturated heterocycles. The summed E-state index contributed by atoms with van der Waals surface area (Å²) in [5.74, 6) is -0.477. The third-order valence-corrected chi connectivity index (χ3v) is 6.92. The minimum Gasteiger partial charge on any atom is -0.393 e.